The molecule has 29 heavy (non-hydrogen) atoms. The van der Waals surface area contributed by atoms with Gasteiger partial charge in [-0.2, -0.15) is 0 Å². The number of ether oxygens (including phenoxy) is 1. The number of carbonyl (C=O) groups is 1. The Balaban J connectivity index is 1.40. The van der Waals surface area contributed by atoms with Gasteiger partial charge >= 0.3 is 0 Å². The number of aromatic nitrogens is 2. The number of fused-ring (bicyclic) bond motifs is 2. The standard InChI is InChI=1S/C22H24N4O2S/c1-14-15(5-9-24-14)21(27)26-10-7-22(8-11-26)16-13-19(29-18(16)6-12-28-22)17-3-2-4-20(23)25-17/h2-5,9,13,24H,6-8,10-12H2,1H3,(H2,23,25). The third-order valence-corrected chi connectivity index (χ3v) is 7.29. The molecule has 3 aromatic heterocycles. The number of nitrogens with one attached hydrogen (secondary N) is 1. The molecule has 0 saturated carbocycles. The van der Waals surface area contributed by atoms with Gasteiger partial charge in [-0.3, -0.25) is 4.79 Å². The van der Waals surface area contributed by atoms with Crippen LogP contribution in [-0.4, -0.2) is 40.5 Å². The van der Waals surface area contributed by atoms with E-state index in [1.165, 1.54) is 10.4 Å². The first kappa shape index (κ1) is 18.4. The van der Waals surface area contributed by atoms with Gasteiger partial charge in [0.05, 0.1) is 28.3 Å². The summed E-state index contributed by atoms with van der Waals surface area (Å²) in [6.45, 7) is 4.06. The molecule has 5 rings (SSSR count). The topological polar surface area (TPSA) is 84.2 Å². The Labute approximate surface area is 173 Å². The summed E-state index contributed by atoms with van der Waals surface area (Å²) >= 11 is 1.79. The Kier molecular flexibility index (Phi) is 4.44. The Bertz CT molecular complexity index is 1060. The number of aryl methyl sites for hydroxylation is 1. The molecular weight excluding hydrogens is 384 g/mol. The van der Waals surface area contributed by atoms with Crippen LogP contribution in [0.3, 0.4) is 0 Å². The zero-order chi connectivity index (χ0) is 20.0. The number of hydrogen-bond acceptors (Lipinski definition) is 5. The van der Waals surface area contributed by atoms with Crippen LogP contribution in [0.2, 0.25) is 0 Å². The minimum atomic E-state index is -0.299. The molecule has 5 heterocycles. The highest BCUT2D eigenvalue weighted by Gasteiger charge is 2.43. The van der Waals surface area contributed by atoms with Crippen molar-refractivity contribution in [2.24, 2.45) is 0 Å². The van der Waals surface area contributed by atoms with E-state index >= 15 is 0 Å². The average molecular weight is 409 g/mol. The molecule has 0 atom stereocenters. The lowest BCUT2D eigenvalue weighted by atomic mass is 9.82. The predicted molar refractivity (Wildman–Crippen MR) is 114 cm³/mol. The van der Waals surface area contributed by atoms with E-state index in [1.54, 1.807) is 17.4 Å². The lowest BCUT2D eigenvalue weighted by Gasteiger charge is -2.44. The van der Waals surface area contributed by atoms with Gasteiger partial charge in [-0.15, -0.1) is 11.3 Å². The van der Waals surface area contributed by atoms with Crippen molar-refractivity contribution in [1.82, 2.24) is 14.9 Å². The molecule has 3 aromatic rings. The Morgan fingerprint density at radius 1 is 1.31 bits per heavy atom. The number of rotatable bonds is 2. The highest BCUT2D eigenvalue weighted by molar-refractivity contribution is 7.15. The molecule has 7 heteroatoms. The maximum absolute atomic E-state index is 12.9. The van der Waals surface area contributed by atoms with Crippen LogP contribution in [-0.2, 0) is 16.8 Å². The number of pyridine rings is 1. The molecule has 0 unspecified atom stereocenters. The Hall–Kier alpha value is -2.64. The van der Waals surface area contributed by atoms with Crippen LogP contribution in [0.15, 0.2) is 36.5 Å². The number of thiophene rings is 1. The summed E-state index contributed by atoms with van der Waals surface area (Å²) < 4.78 is 6.37. The van der Waals surface area contributed by atoms with E-state index in [9.17, 15) is 4.79 Å². The van der Waals surface area contributed by atoms with Gasteiger partial charge in [-0.1, -0.05) is 6.07 Å². The third-order valence-electron chi connectivity index (χ3n) is 6.07. The minimum absolute atomic E-state index is 0.101. The number of nitrogens with zero attached hydrogens (tertiary/aromatic N) is 2. The molecule has 1 spiro atoms. The quantitative estimate of drug-likeness (QED) is 0.677. The van der Waals surface area contributed by atoms with E-state index in [0.29, 0.717) is 18.9 Å². The van der Waals surface area contributed by atoms with Gasteiger partial charge < -0.3 is 20.4 Å². The second-order valence-electron chi connectivity index (χ2n) is 7.80. The first-order valence-electron chi connectivity index (χ1n) is 9.99. The lowest BCUT2D eigenvalue weighted by Crippen LogP contribution is -2.48. The number of H-pyrrole nitrogens is 1. The van der Waals surface area contributed by atoms with E-state index in [-0.39, 0.29) is 11.5 Å². The summed E-state index contributed by atoms with van der Waals surface area (Å²) in [5.41, 5.74) is 9.45. The van der Waals surface area contributed by atoms with Crippen LogP contribution in [0, 0.1) is 6.92 Å². The summed E-state index contributed by atoms with van der Waals surface area (Å²) in [5.74, 6) is 0.635. The normalized spacial score (nSPS) is 18.0. The van der Waals surface area contributed by atoms with E-state index in [0.717, 1.165) is 47.7 Å². The van der Waals surface area contributed by atoms with Crippen LogP contribution in [0.1, 0.15) is 39.3 Å². The van der Waals surface area contributed by atoms with Crippen molar-refractivity contribution >= 4 is 23.1 Å². The van der Waals surface area contributed by atoms with Crippen LogP contribution in [0.4, 0.5) is 5.82 Å². The van der Waals surface area contributed by atoms with Crippen molar-refractivity contribution < 1.29 is 9.53 Å². The summed E-state index contributed by atoms with van der Waals surface area (Å²) in [6, 6.07) is 9.84. The van der Waals surface area contributed by atoms with Crippen molar-refractivity contribution in [3.05, 3.63) is 58.2 Å². The number of anilines is 1. The number of aromatic amines is 1. The fourth-order valence-electron chi connectivity index (χ4n) is 4.47. The van der Waals surface area contributed by atoms with Crippen LogP contribution in [0.5, 0.6) is 0 Å². The molecule has 2 aliphatic rings. The van der Waals surface area contributed by atoms with Crippen LogP contribution >= 0.6 is 11.3 Å². The summed E-state index contributed by atoms with van der Waals surface area (Å²) in [5, 5.41) is 0. The molecule has 0 aromatic carbocycles. The predicted octanol–water partition coefficient (Wildman–Crippen LogP) is 3.73. The number of nitrogens with two attached hydrogens (primary N) is 1. The molecule has 2 aliphatic heterocycles. The molecule has 3 N–H and O–H groups in total. The molecule has 1 fully saturated rings. The number of nitrogen functional groups attached to an aromatic ring is 1. The molecule has 1 saturated heterocycles. The van der Waals surface area contributed by atoms with Gasteiger partial charge in [0.2, 0.25) is 0 Å². The lowest BCUT2D eigenvalue weighted by molar-refractivity contribution is -0.0926. The van der Waals surface area contributed by atoms with Gasteiger partial charge in [0.25, 0.3) is 5.91 Å². The SMILES string of the molecule is Cc1[nH]ccc1C(=O)N1CCC2(CC1)OCCc1sc(-c3cccc(N)n3)cc12. The number of likely N-dealkylation sites (tertiary alicyclic amines) is 1. The van der Waals surface area contributed by atoms with Crippen molar-refractivity contribution in [2.45, 2.75) is 31.8 Å². The highest BCUT2D eigenvalue weighted by atomic mass is 32.1. The molecule has 6 nitrogen and oxygen atoms in total. The first-order chi connectivity index (χ1) is 14.1. The number of hydrogen-bond donors (Lipinski definition) is 2. The first-order valence-corrected chi connectivity index (χ1v) is 10.8. The highest BCUT2D eigenvalue weighted by Crippen LogP contribution is 2.46. The van der Waals surface area contributed by atoms with Crippen molar-refractivity contribution in [1.29, 1.82) is 0 Å². The smallest absolute Gasteiger partial charge is 0.255 e. The molecule has 0 aliphatic carbocycles. The second-order valence-corrected chi connectivity index (χ2v) is 8.93. The van der Waals surface area contributed by atoms with E-state index in [2.05, 4.69) is 16.0 Å². The Morgan fingerprint density at radius 3 is 2.86 bits per heavy atom. The van der Waals surface area contributed by atoms with Crippen molar-refractivity contribution in [2.75, 3.05) is 25.4 Å². The maximum Gasteiger partial charge on any atom is 0.255 e. The van der Waals surface area contributed by atoms with Crippen molar-refractivity contribution in [3.8, 4) is 10.6 Å². The van der Waals surface area contributed by atoms with E-state index in [4.69, 9.17) is 10.5 Å². The minimum Gasteiger partial charge on any atom is -0.384 e. The molecular formula is C22H24N4O2S. The molecule has 0 bridgehead atoms. The van der Waals surface area contributed by atoms with Crippen LogP contribution in [0.25, 0.3) is 10.6 Å². The van der Waals surface area contributed by atoms with Gasteiger partial charge in [0, 0.05) is 36.3 Å². The molecule has 0 radical (unpaired) electrons. The number of piperidine rings is 1. The average Bonchev–Trinajstić information content (AvgIpc) is 3.35. The van der Waals surface area contributed by atoms with Gasteiger partial charge in [-0.05, 0) is 49.6 Å². The van der Waals surface area contributed by atoms with Gasteiger partial charge in [-0.25, -0.2) is 4.98 Å². The van der Waals surface area contributed by atoms with Crippen molar-refractivity contribution in [3.63, 3.8) is 0 Å². The zero-order valence-electron chi connectivity index (χ0n) is 16.4. The van der Waals surface area contributed by atoms with Crippen LogP contribution < -0.4 is 5.73 Å². The fourth-order valence-corrected chi connectivity index (χ4v) is 5.67. The summed E-state index contributed by atoms with van der Waals surface area (Å²) in [4.78, 5) is 24.9. The maximum atomic E-state index is 12.9. The van der Waals surface area contributed by atoms with Gasteiger partial charge in [0.1, 0.15) is 5.82 Å². The number of carbonyl (C=O) groups excluding carboxylic acids is 1. The molecule has 1 amide bonds. The molecule has 150 valence electrons. The number of amides is 1. The zero-order valence-corrected chi connectivity index (χ0v) is 17.2. The summed E-state index contributed by atoms with van der Waals surface area (Å²) in [7, 11) is 0. The third kappa shape index (κ3) is 3.14. The second kappa shape index (κ2) is 7.00. The summed E-state index contributed by atoms with van der Waals surface area (Å²) in [6.07, 6.45) is 4.38. The largest absolute Gasteiger partial charge is 0.384 e. The van der Waals surface area contributed by atoms with E-state index < -0.39 is 0 Å². The van der Waals surface area contributed by atoms with Gasteiger partial charge in [0.15, 0.2) is 0 Å². The monoisotopic (exact) mass is 408 g/mol. The fraction of sp³-hybridized carbons (Fsp3) is 0.364. The van der Waals surface area contributed by atoms with E-state index in [1.807, 2.05) is 36.2 Å². The Morgan fingerprint density at radius 2 is 2.14 bits per heavy atom.